The molecule has 0 unspecified atom stereocenters. The number of halogens is 2. The zero-order valence-corrected chi connectivity index (χ0v) is 9.74. The minimum absolute atomic E-state index is 0.0409. The van der Waals surface area contributed by atoms with Gasteiger partial charge in [0, 0.05) is 12.1 Å². The quantitative estimate of drug-likeness (QED) is 0.835. The van der Waals surface area contributed by atoms with E-state index in [1.165, 1.54) is 12.1 Å². The number of ether oxygens (including phenoxy) is 1. The molecule has 0 saturated carbocycles. The minimum atomic E-state index is -2.89. The second-order valence-electron chi connectivity index (χ2n) is 3.40. The Labute approximate surface area is 103 Å². The predicted molar refractivity (Wildman–Crippen MR) is 60.0 cm³/mol. The number of nitrogens with zero attached hydrogens (tertiary/aromatic N) is 1. The van der Waals surface area contributed by atoms with Gasteiger partial charge in [0.1, 0.15) is 6.07 Å². The van der Waals surface area contributed by atoms with Crippen molar-refractivity contribution in [2.75, 3.05) is 6.61 Å². The molecule has 0 radical (unpaired) electrons. The molecule has 0 saturated heterocycles. The van der Waals surface area contributed by atoms with E-state index in [2.05, 4.69) is 0 Å². The third-order valence-electron chi connectivity index (χ3n) is 2.37. The molecule has 0 aliphatic heterocycles. The molecule has 2 N–H and O–H groups in total. The zero-order valence-electron chi connectivity index (χ0n) is 9.74. The summed E-state index contributed by atoms with van der Waals surface area (Å²) in [5, 5.41) is 8.87. The molecule has 1 aromatic rings. The summed E-state index contributed by atoms with van der Waals surface area (Å²) < 4.78 is 30.7. The van der Waals surface area contributed by atoms with Crippen LogP contribution in [0.15, 0.2) is 12.1 Å². The monoisotopic (exact) mass is 254 g/mol. The maximum absolute atomic E-state index is 13.0. The van der Waals surface area contributed by atoms with Crippen molar-refractivity contribution in [2.45, 2.75) is 19.9 Å². The second kappa shape index (κ2) is 6.07. The summed E-state index contributed by atoms with van der Waals surface area (Å²) in [4.78, 5) is 11.7. The Hall–Kier alpha value is -2.00. The highest BCUT2D eigenvalue weighted by atomic mass is 19.3. The fourth-order valence-electron chi connectivity index (χ4n) is 1.61. The summed E-state index contributed by atoms with van der Waals surface area (Å²) in [5.41, 5.74) is 4.44. The normalized spacial score (nSPS) is 10.2. The lowest BCUT2D eigenvalue weighted by molar-refractivity contribution is 0.0514. The van der Waals surface area contributed by atoms with E-state index < -0.39 is 23.5 Å². The van der Waals surface area contributed by atoms with Crippen LogP contribution in [-0.4, -0.2) is 12.6 Å². The molecule has 1 rings (SSSR count). The van der Waals surface area contributed by atoms with E-state index in [4.69, 9.17) is 15.7 Å². The van der Waals surface area contributed by atoms with Gasteiger partial charge in [-0.05, 0) is 18.6 Å². The van der Waals surface area contributed by atoms with Crippen molar-refractivity contribution in [3.05, 3.63) is 34.4 Å². The number of hydrogen-bond acceptors (Lipinski definition) is 4. The number of esters is 1. The predicted octanol–water partition coefficient (Wildman–Crippen LogP) is 2.13. The van der Waals surface area contributed by atoms with Crippen molar-refractivity contribution in [2.24, 2.45) is 5.73 Å². The number of hydrogen-bond donors (Lipinski definition) is 1. The van der Waals surface area contributed by atoms with Crippen molar-refractivity contribution in [3.8, 4) is 6.07 Å². The average Bonchev–Trinajstić information content (AvgIpc) is 2.36. The highest BCUT2D eigenvalue weighted by Crippen LogP contribution is 2.29. The summed E-state index contributed by atoms with van der Waals surface area (Å²) in [6, 6.07) is 4.32. The number of carbonyl (C=O) groups is 1. The standard InChI is InChI=1S/C12H12F2N2O2/c1-2-18-12(17)10-8(6-16)4-3-7(5-15)9(10)11(13)14/h3-4,11H,2,5,15H2,1H3. The molecule has 1 aromatic carbocycles. The number of benzene rings is 1. The molecular weight excluding hydrogens is 242 g/mol. The Bertz CT molecular complexity index is 496. The molecule has 6 heteroatoms. The van der Waals surface area contributed by atoms with Gasteiger partial charge in [-0.15, -0.1) is 0 Å². The number of carbonyl (C=O) groups excluding carboxylic acids is 1. The van der Waals surface area contributed by atoms with Crippen LogP contribution in [0.5, 0.6) is 0 Å². The molecule has 0 aliphatic rings. The molecule has 0 bridgehead atoms. The van der Waals surface area contributed by atoms with E-state index in [1.807, 2.05) is 0 Å². The maximum atomic E-state index is 13.0. The molecule has 0 amide bonds. The van der Waals surface area contributed by atoms with Crippen LogP contribution in [0.3, 0.4) is 0 Å². The van der Waals surface area contributed by atoms with Gasteiger partial charge in [-0.1, -0.05) is 6.07 Å². The maximum Gasteiger partial charge on any atom is 0.339 e. The number of nitrogens with two attached hydrogens (primary N) is 1. The van der Waals surface area contributed by atoms with Crippen molar-refractivity contribution in [3.63, 3.8) is 0 Å². The van der Waals surface area contributed by atoms with Gasteiger partial charge >= 0.3 is 5.97 Å². The van der Waals surface area contributed by atoms with Crippen LogP contribution in [-0.2, 0) is 11.3 Å². The fraction of sp³-hybridized carbons (Fsp3) is 0.333. The minimum Gasteiger partial charge on any atom is -0.462 e. The van der Waals surface area contributed by atoms with Crippen molar-refractivity contribution < 1.29 is 18.3 Å². The van der Waals surface area contributed by atoms with E-state index in [1.54, 1.807) is 13.0 Å². The molecule has 0 spiro atoms. The van der Waals surface area contributed by atoms with Crippen LogP contribution in [0.25, 0.3) is 0 Å². The molecular formula is C12H12F2N2O2. The van der Waals surface area contributed by atoms with E-state index in [-0.39, 0.29) is 24.3 Å². The molecule has 0 heterocycles. The van der Waals surface area contributed by atoms with Crippen LogP contribution in [0.2, 0.25) is 0 Å². The Balaban J connectivity index is 3.51. The van der Waals surface area contributed by atoms with Gasteiger partial charge in [-0.3, -0.25) is 0 Å². The van der Waals surface area contributed by atoms with E-state index in [0.717, 1.165) is 0 Å². The van der Waals surface area contributed by atoms with Gasteiger partial charge < -0.3 is 10.5 Å². The summed E-state index contributed by atoms with van der Waals surface area (Å²) in [6.07, 6.45) is -2.89. The SMILES string of the molecule is CCOC(=O)c1c(C#N)ccc(CN)c1C(F)F. The van der Waals surface area contributed by atoms with Gasteiger partial charge in [0.2, 0.25) is 0 Å². The smallest absolute Gasteiger partial charge is 0.339 e. The lowest BCUT2D eigenvalue weighted by Crippen LogP contribution is -2.14. The first-order valence-electron chi connectivity index (χ1n) is 5.28. The average molecular weight is 254 g/mol. The van der Waals surface area contributed by atoms with Crippen LogP contribution in [0.4, 0.5) is 8.78 Å². The Morgan fingerprint density at radius 2 is 2.22 bits per heavy atom. The number of rotatable bonds is 4. The molecule has 18 heavy (non-hydrogen) atoms. The molecule has 0 aromatic heterocycles. The lowest BCUT2D eigenvalue weighted by atomic mass is 9.96. The molecule has 96 valence electrons. The van der Waals surface area contributed by atoms with E-state index in [9.17, 15) is 13.6 Å². The van der Waals surface area contributed by atoms with Crippen LogP contribution >= 0.6 is 0 Å². The first-order valence-corrected chi connectivity index (χ1v) is 5.28. The summed E-state index contributed by atoms with van der Waals surface area (Å²) in [6.45, 7) is 1.45. The van der Waals surface area contributed by atoms with Gasteiger partial charge in [0.05, 0.1) is 17.7 Å². The third kappa shape index (κ3) is 2.63. The van der Waals surface area contributed by atoms with Crippen molar-refractivity contribution in [1.82, 2.24) is 0 Å². The highest BCUT2D eigenvalue weighted by Gasteiger charge is 2.25. The van der Waals surface area contributed by atoms with Gasteiger partial charge in [0.25, 0.3) is 6.43 Å². The second-order valence-corrected chi connectivity index (χ2v) is 3.40. The number of nitriles is 1. The largest absolute Gasteiger partial charge is 0.462 e. The third-order valence-corrected chi connectivity index (χ3v) is 2.37. The molecule has 0 fully saturated rings. The first kappa shape index (κ1) is 14.1. The van der Waals surface area contributed by atoms with Crippen LogP contribution in [0, 0.1) is 11.3 Å². The van der Waals surface area contributed by atoms with Gasteiger partial charge in [-0.2, -0.15) is 5.26 Å². The highest BCUT2D eigenvalue weighted by molar-refractivity contribution is 5.94. The molecule has 4 nitrogen and oxygen atoms in total. The van der Waals surface area contributed by atoms with Gasteiger partial charge in [0.15, 0.2) is 0 Å². The first-order chi connectivity index (χ1) is 8.56. The van der Waals surface area contributed by atoms with E-state index in [0.29, 0.717) is 0 Å². The van der Waals surface area contributed by atoms with Crippen LogP contribution < -0.4 is 5.73 Å². The topological polar surface area (TPSA) is 76.1 Å². The molecule has 0 aliphatic carbocycles. The Morgan fingerprint density at radius 1 is 1.56 bits per heavy atom. The fourth-order valence-corrected chi connectivity index (χ4v) is 1.61. The van der Waals surface area contributed by atoms with Crippen molar-refractivity contribution >= 4 is 5.97 Å². The Kier molecular flexibility index (Phi) is 4.75. The summed E-state index contributed by atoms with van der Waals surface area (Å²) in [7, 11) is 0. The lowest BCUT2D eigenvalue weighted by Gasteiger charge is -2.13. The Morgan fingerprint density at radius 3 is 2.67 bits per heavy atom. The van der Waals surface area contributed by atoms with E-state index >= 15 is 0 Å². The molecule has 0 atom stereocenters. The zero-order chi connectivity index (χ0) is 13.7. The number of alkyl halides is 2. The van der Waals surface area contributed by atoms with Crippen molar-refractivity contribution in [1.29, 1.82) is 5.26 Å². The van der Waals surface area contributed by atoms with Gasteiger partial charge in [-0.25, -0.2) is 13.6 Å². The van der Waals surface area contributed by atoms with Crippen LogP contribution in [0.1, 0.15) is 40.4 Å². The summed E-state index contributed by atoms with van der Waals surface area (Å²) in [5.74, 6) is -0.931. The summed E-state index contributed by atoms with van der Waals surface area (Å²) >= 11 is 0.